The van der Waals surface area contributed by atoms with E-state index in [0.717, 1.165) is 18.4 Å². The van der Waals surface area contributed by atoms with Crippen LogP contribution >= 0.6 is 0 Å². The Balaban J connectivity index is 3.19. The molecule has 0 radical (unpaired) electrons. The van der Waals surface area contributed by atoms with E-state index in [1.807, 2.05) is 26.0 Å². The van der Waals surface area contributed by atoms with Crippen LogP contribution in [-0.4, -0.2) is 57.3 Å². The van der Waals surface area contributed by atoms with Crippen LogP contribution in [0.1, 0.15) is 99.3 Å². The Bertz CT molecular complexity index is 1010. The third kappa shape index (κ3) is 12.9. The van der Waals surface area contributed by atoms with E-state index in [1.54, 1.807) is 13.2 Å². The molecule has 1 rings (SSSR count). The Morgan fingerprint density at radius 3 is 2.18 bits per heavy atom. The van der Waals surface area contributed by atoms with Crippen LogP contribution in [0, 0.1) is 17.8 Å². The molecule has 9 heteroatoms. The maximum absolute atomic E-state index is 13.4. The number of methoxy groups -OCH3 is 1. The van der Waals surface area contributed by atoms with Gasteiger partial charge in [-0.05, 0) is 68.7 Å². The number of hydrogen-bond acceptors (Lipinski definition) is 7. The van der Waals surface area contributed by atoms with E-state index in [4.69, 9.17) is 13.9 Å². The highest BCUT2D eigenvalue weighted by molar-refractivity contribution is 6.74. The number of ketones is 1. The van der Waals surface area contributed by atoms with Gasteiger partial charge in [0.25, 0.3) is 0 Å². The summed E-state index contributed by atoms with van der Waals surface area (Å²) in [4.78, 5) is 49.8. The number of ether oxygens (including phenoxy) is 2. The average Bonchev–Trinajstić information content (AvgIpc) is 2.92. The highest BCUT2D eigenvalue weighted by Crippen LogP contribution is 2.39. The molecular formula is C35H59NO7Si. The molecule has 1 aliphatic rings. The average molecular weight is 634 g/mol. The first-order chi connectivity index (χ1) is 20.5. The van der Waals surface area contributed by atoms with E-state index >= 15 is 0 Å². The summed E-state index contributed by atoms with van der Waals surface area (Å²) in [5.74, 6) is -1.62. The van der Waals surface area contributed by atoms with E-state index in [-0.39, 0.29) is 65.5 Å². The highest BCUT2D eigenvalue weighted by atomic mass is 28.4. The summed E-state index contributed by atoms with van der Waals surface area (Å²) >= 11 is 0. The van der Waals surface area contributed by atoms with E-state index in [0.29, 0.717) is 32.1 Å². The minimum atomic E-state index is -2.18. The van der Waals surface area contributed by atoms with Crippen LogP contribution in [0.15, 0.2) is 37.0 Å². The third-order valence-electron chi connectivity index (χ3n) is 9.08. The Kier molecular flexibility index (Phi) is 16.7. The number of rotatable bonds is 20. The van der Waals surface area contributed by atoms with Gasteiger partial charge in [-0.2, -0.15) is 0 Å². The molecule has 0 spiro atoms. The summed E-state index contributed by atoms with van der Waals surface area (Å²) in [5.41, 5.74) is 0.787. The SMILES string of the molecule is C=CCCCCC(=O)O[C@@H](C(C)=C[C@@H](C)[C@H](O[Si](C)(C)C(C)(C)C)[C@H](C=C)OC)[C@H](C)C(=O)CCCC1CC(=O)NC(=O)C1. The molecule has 0 bridgehead atoms. The van der Waals surface area contributed by atoms with Crippen LogP contribution < -0.4 is 5.32 Å². The molecule has 0 saturated carbocycles. The molecule has 1 fully saturated rings. The van der Waals surface area contributed by atoms with Crippen LogP contribution in [0.5, 0.6) is 0 Å². The largest absolute Gasteiger partial charge is 0.457 e. The van der Waals surface area contributed by atoms with Gasteiger partial charge in [0, 0.05) is 38.7 Å². The molecule has 250 valence electrons. The van der Waals surface area contributed by atoms with E-state index in [9.17, 15) is 19.2 Å². The quantitative estimate of drug-likeness (QED) is 0.0495. The lowest BCUT2D eigenvalue weighted by atomic mass is 9.86. The number of unbranched alkanes of at least 4 members (excludes halogenated alkanes) is 2. The molecule has 0 aromatic carbocycles. The number of amides is 2. The van der Waals surface area contributed by atoms with Crippen molar-refractivity contribution in [1.29, 1.82) is 0 Å². The molecule has 0 aromatic heterocycles. The monoisotopic (exact) mass is 633 g/mol. The maximum atomic E-state index is 13.4. The van der Waals surface area contributed by atoms with Gasteiger partial charge >= 0.3 is 5.97 Å². The fraction of sp³-hybridized carbons (Fsp3) is 0.714. The number of carbonyl (C=O) groups excluding carboxylic acids is 4. The number of piperidine rings is 1. The van der Waals surface area contributed by atoms with Crippen molar-refractivity contribution in [1.82, 2.24) is 5.32 Å². The lowest BCUT2D eigenvalue weighted by molar-refractivity contribution is -0.151. The predicted octanol–water partition coefficient (Wildman–Crippen LogP) is 7.25. The molecule has 0 unspecified atom stereocenters. The van der Waals surface area contributed by atoms with Gasteiger partial charge in [-0.25, -0.2) is 0 Å². The maximum Gasteiger partial charge on any atom is 0.306 e. The molecular weight excluding hydrogens is 574 g/mol. The summed E-state index contributed by atoms with van der Waals surface area (Å²) in [5, 5.41) is 2.32. The van der Waals surface area contributed by atoms with Crippen molar-refractivity contribution in [3.63, 3.8) is 0 Å². The lowest BCUT2D eigenvalue weighted by Gasteiger charge is -2.42. The van der Waals surface area contributed by atoms with Gasteiger partial charge in [-0.15, -0.1) is 13.2 Å². The summed E-state index contributed by atoms with van der Waals surface area (Å²) in [7, 11) is -0.536. The van der Waals surface area contributed by atoms with Crippen molar-refractivity contribution in [3.05, 3.63) is 37.0 Å². The Labute approximate surface area is 267 Å². The van der Waals surface area contributed by atoms with E-state index in [1.165, 1.54) is 0 Å². The topological polar surface area (TPSA) is 108 Å². The zero-order valence-electron chi connectivity index (χ0n) is 28.8. The van der Waals surface area contributed by atoms with Crippen LogP contribution in [-0.2, 0) is 33.1 Å². The van der Waals surface area contributed by atoms with Crippen LogP contribution in [0.25, 0.3) is 0 Å². The van der Waals surface area contributed by atoms with Gasteiger partial charge in [0.1, 0.15) is 18.0 Å². The second kappa shape index (κ2) is 18.6. The minimum absolute atomic E-state index is 0.0114. The van der Waals surface area contributed by atoms with Crippen molar-refractivity contribution in [2.45, 2.75) is 136 Å². The number of imide groups is 1. The Hall–Kier alpha value is -2.36. The van der Waals surface area contributed by atoms with Crippen molar-refractivity contribution in [3.8, 4) is 0 Å². The smallest absolute Gasteiger partial charge is 0.306 e. The van der Waals surface area contributed by atoms with Crippen LogP contribution in [0.4, 0.5) is 0 Å². The first kappa shape index (κ1) is 39.7. The number of allylic oxidation sites excluding steroid dienone is 1. The summed E-state index contributed by atoms with van der Waals surface area (Å²) in [6, 6.07) is 0. The molecule has 1 saturated heterocycles. The van der Waals surface area contributed by atoms with Gasteiger partial charge in [-0.3, -0.25) is 24.5 Å². The van der Waals surface area contributed by atoms with Crippen molar-refractivity contribution < 1.29 is 33.1 Å². The van der Waals surface area contributed by atoms with Crippen molar-refractivity contribution >= 4 is 31.9 Å². The van der Waals surface area contributed by atoms with Gasteiger partial charge in [0.2, 0.25) is 11.8 Å². The van der Waals surface area contributed by atoms with Gasteiger partial charge in [0.05, 0.1) is 12.0 Å². The molecule has 5 atom stereocenters. The van der Waals surface area contributed by atoms with E-state index in [2.05, 4.69) is 59.3 Å². The highest BCUT2D eigenvalue weighted by Gasteiger charge is 2.42. The van der Waals surface area contributed by atoms with Crippen molar-refractivity contribution in [2.24, 2.45) is 17.8 Å². The second-order valence-electron chi connectivity index (χ2n) is 13.9. The lowest BCUT2D eigenvalue weighted by Crippen LogP contribution is -2.49. The Morgan fingerprint density at radius 2 is 1.66 bits per heavy atom. The fourth-order valence-corrected chi connectivity index (χ4v) is 6.71. The van der Waals surface area contributed by atoms with Gasteiger partial charge < -0.3 is 13.9 Å². The Morgan fingerprint density at radius 1 is 1.05 bits per heavy atom. The summed E-state index contributed by atoms with van der Waals surface area (Å²) < 4.78 is 18.6. The first-order valence-corrected chi connectivity index (χ1v) is 19.0. The van der Waals surface area contributed by atoms with Gasteiger partial charge in [-0.1, -0.05) is 52.8 Å². The normalized spacial score (nSPS) is 18.5. The zero-order valence-corrected chi connectivity index (χ0v) is 29.8. The van der Waals surface area contributed by atoms with Crippen LogP contribution in [0.2, 0.25) is 18.1 Å². The molecule has 1 aliphatic heterocycles. The number of hydrogen-bond donors (Lipinski definition) is 1. The molecule has 44 heavy (non-hydrogen) atoms. The van der Waals surface area contributed by atoms with E-state index < -0.39 is 20.3 Å². The first-order valence-electron chi connectivity index (χ1n) is 16.1. The zero-order chi connectivity index (χ0) is 33.7. The molecule has 2 amide bonds. The number of esters is 1. The third-order valence-corrected chi connectivity index (χ3v) is 13.6. The van der Waals surface area contributed by atoms with Gasteiger partial charge in [0.15, 0.2) is 8.32 Å². The number of Topliss-reactive ketones (excluding diaryl/α,β-unsaturated/α-hetero) is 1. The number of nitrogens with one attached hydrogen (secondary N) is 1. The molecule has 8 nitrogen and oxygen atoms in total. The predicted molar refractivity (Wildman–Crippen MR) is 178 cm³/mol. The molecule has 1 N–H and O–H groups in total. The second-order valence-corrected chi connectivity index (χ2v) is 18.6. The fourth-order valence-electron chi connectivity index (χ4n) is 5.33. The number of carbonyl (C=O) groups is 4. The summed E-state index contributed by atoms with van der Waals surface area (Å²) in [6.07, 6.45) is 8.93. The standard InChI is InChI=1S/C35H59NO7Si/c1-12-14-15-16-20-32(40)42-33(26(5)28(37)19-17-18-27-22-30(38)36-31(39)23-27)24(3)21-25(4)34(29(13-2)41-9)43-44(10,11)35(6,7)8/h12-13,21,25-27,29,33-34H,1-2,14-20,22-23H2,3-11H3,(H,36,38,39)/t25-,26-,29+,33+,34+/m1/s1. The van der Waals surface area contributed by atoms with Crippen LogP contribution in [0.3, 0.4) is 0 Å². The molecule has 0 aromatic rings. The summed E-state index contributed by atoms with van der Waals surface area (Å²) in [6.45, 7) is 24.4. The molecule has 1 heterocycles. The molecule has 0 aliphatic carbocycles. The van der Waals surface area contributed by atoms with Crippen molar-refractivity contribution in [2.75, 3.05) is 7.11 Å². The minimum Gasteiger partial charge on any atom is -0.457 e.